The average Bonchev–Trinajstić information content (AvgIpc) is 3.27. The normalized spacial score (nSPS) is 30.0. The van der Waals surface area contributed by atoms with Crippen molar-refractivity contribution in [2.24, 2.45) is 5.92 Å². The topological polar surface area (TPSA) is 40.5 Å². The molecule has 0 spiro atoms. The van der Waals surface area contributed by atoms with Gasteiger partial charge in [-0.1, -0.05) is 24.3 Å². The SMILES string of the molecule is Cc1ccccc1C1CC1C(=O)N1CCCCC1C(C)O. The molecule has 2 fully saturated rings. The molecule has 3 heteroatoms. The molecular formula is C18H25NO2. The summed E-state index contributed by atoms with van der Waals surface area (Å²) in [6.45, 7) is 4.74. The van der Waals surface area contributed by atoms with Crippen LogP contribution in [0.2, 0.25) is 0 Å². The number of hydrogen-bond donors (Lipinski definition) is 1. The first-order valence-electron chi connectivity index (χ1n) is 8.13. The molecule has 3 rings (SSSR count). The fourth-order valence-corrected chi connectivity index (χ4v) is 3.76. The van der Waals surface area contributed by atoms with Crippen LogP contribution in [0.3, 0.4) is 0 Å². The second kappa shape index (κ2) is 5.80. The summed E-state index contributed by atoms with van der Waals surface area (Å²) < 4.78 is 0. The fraction of sp³-hybridized carbons (Fsp3) is 0.611. The molecule has 1 aliphatic heterocycles. The van der Waals surface area contributed by atoms with Gasteiger partial charge in [0.15, 0.2) is 0 Å². The third-order valence-electron chi connectivity index (χ3n) is 5.08. The van der Waals surface area contributed by atoms with Gasteiger partial charge < -0.3 is 10.0 Å². The van der Waals surface area contributed by atoms with Gasteiger partial charge in [0.2, 0.25) is 5.91 Å². The van der Waals surface area contributed by atoms with Crippen LogP contribution in [0.25, 0.3) is 0 Å². The Labute approximate surface area is 127 Å². The van der Waals surface area contributed by atoms with Crippen molar-refractivity contribution < 1.29 is 9.90 Å². The highest BCUT2D eigenvalue weighted by molar-refractivity contribution is 5.83. The van der Waals surface area contributed by atoms with Gasteiger partial charge in [0.05, 0.1) is 12.1 Å². The Morgan fingerprint density at radius 3 is 2.81 bits per heavy atom. The first kappa shape index (κ1) is 14.6. The zero-order valence-electron chi connectivity index (χ0n) is 13.0. The van der Waals surface area contributed by atoms with Crippen molar-refractivity contribution in [2.45, 2.75) is 57.6 Å². The highest BCUT2D eigenvalue weighted by Gasteiger charge is 2.47. The molecule has 1 aliphatic carbocycles. The van der Waals surface area contributed by atoms with Crippen LogP contribution in [-0.4, -0.2) is 34.6 Å². The lowest BCUT2D eigenvalue weighted by Crippen LogP contribution is -2.49. The van der Waals surface area contributed by atoms with Crippen molar-refractivity contribution in [1.29, 1.82) is 0 Å². The number of aliphatic hydroxyl groups excluding tert-OH is 1. The van der Waals surface area contributed by atoms with E-state index in [1.54, 1.807) is 0 Å². The third-order valence-corrected chi connectivity index (χ3v) is 5.08. The molecule has 4 atom stereocenters. The van der Waals surface area contributed by atoms with Crippen LogP contribution in [0.4, 0.5) is 0 Å². The Balaban J connectivity index is 1.71. The maximum Gasteiger partial charge on any atom is 0.226 e. The number of carbonyl (C=O) groups is 1. The van der Waals surface area contributed by atoms with Gasteiger partial charge >= 0.3 is 0 Å². The summed E-state index contributed by atoms with van der Waals surface area (Å²) in [5, 5.41) is 9.93. The molecule has 1 aromatic carbocycles. The number of nitrogens with zero attached hydrogens (tertiary/aromatic N) is 1. The lowest BCUT2D eigenvalue weighted by atomic mass is 9.97. The maximum absolute atomic E-state index is 12.8. The molecule has 3 nitrogen and oxygen atoms in total. The maximum atomic E-state index is 12.8. The number of carbonyl (C=O) groups excluding carboxylic acids is 1. The number of hydrogen-bond acceptors (Lipinski definition) is 2. The van der Waals surface area contributed by atoms with Crippen LogP contribution in [0, 0.1) is 12.8 Å². The van der Waals surface area contributed by atoms with E-state index < -0.39 is 6.10 Å². The second-order valence-electron chi connectivity index (χ2n) is 6.64. The van der Waals surface area contributed by atoms with Crippen molar-refractivity contribution in [1.82, 2.24) is 4.90 Å². The molecule has 1 amide bonds. The number of aliphatic hydroxyl groups is 1. The number of benzene rings is 1. The van der Waals surface area contributed by atoms with Gasteiger partial charge in [-0.2, -0.15) is 0 Å². The minimum absolute atomic E-state index is 0.0179. The van der Waals surface area contributed by atoms with E-state index in [2.05, 4.69) is 25.1 Å². The Kier molecular flexibility index (Phi) is 4.03. The first-order chi connectivity index (χ1) is 10.1. The predicted molar refractivity (Wildman–Crippen MR) is 83.1 cm³/mol. The summed E-state index contributed by atoms with van der Waals surface area (Å²) in [7, 11) is 0. The Morgan fingerprint density at radius 1 is 1.33 bits per heavy atom. The zero-order chi connectivity index (χ0) is 15.0. The van der Waals surface area contributed by atoms with E-state index in [1.807, 2.05) is 17.9 Å². The zero-order valence-corrected chi connectivity index (χ0v) is 13.0. The van der Waals surface area contributed by atoms with E-state index in [9.17, 15) is 9.90 Å². The van der Waals surface area contributed by atoms with Gasteiger partial charge in [-0.25, -0.2) is 0 Å². The van der Waals surface area contributed by atoms with Crippen molar-refractivity contribution >= 4 is 5.91 Å². The smallest absolute Gasteiger partial charge is 0.226 e. The van der Waals surface area contributed by atoms with Crippen molar-refractivity contribution in [2.75, 3.05) is 6.54 Å². The minimum atomic E-state index is -0.426. The summed E-state index contributed by atoms with van der Waals surface area (Å²) >= 11 is 0. The van der Waals surface area contributed by atoms with E-state index in [0.717, 1.165) is 32.2 Å². The summed E-state index contributed by atoms with van der Waals surface area (Å²) in [5.41, 5.74) is 2.60. The van der Waals surface area contributed by atoms with Crippen LogP contribution in [0.15, 0.2) is 24.3 Å². The highest BCUT2D eigenvalue weighted by Crippen LogP contribution is 2.50. The van der Waals surface area contributed by atoms with Gasteiger partial charge in [-0.3, -0.25) is 4.79 Å². The predicted octanol–water partition coefficient (Wildman–Crippen LogP) is 2.86. The van der Waals surface area contributed by atoms with Crippen molar-refractivity contribution in [3.8, 4) is 0 Å². The molecule has 1 saturated carbocycles. The van der Waals surface area contributed by atoms with Crippen LogP contribution in [-0.2, 0) is 4.79 Å². The van der Waals surface area contributed by atoms with Crippen molar-refractivity contribution in [3.05, 3.63) is 35.4 Å². The molecule has 0 radical (unpaired) electrons. The number of likely N-dealkylation sites (tertiary alicyclic amines) is 1. The standard InChI is InChI=1S/C18H25NO2/c1-12-7-3-4-8-14(12)15-11-16(15)18(21)19-10-6-5-9-17(19)13(2)20/h3-4,7-8,13,15-17,20H,5-6,9-11H2,1-2H3. The van der Waals surface area contributed by atoms with Gasteiger partial charge in [-0.15, -0.1) is 0 Å². The summed E-state index contributed by atoms with van der Waals surface area (Å²) in [6.07, 6.45) is 3.66. The van der Waals surface area contributed by atoms with Crippen molar-refractivity contribution in [3.63, 3.8) is 0 Å². The second-order valence-corrected chi connectivity index (χ2v) is 6.64. The molecule has 1 heterocycles. The van der Waals surface area contributed by atoms with Crippen LogP contribution < -0.4 is 0 Å². The van der Waals surface area contributed by atoms with E-state index >= 15 is 0 Å². The van der Waals surface area contributed by atoms with Gasteiger partial charge in [0.1, 0.15) is 0 Å². The van der Waals surface area contributed by atoms with Crippen LogP contribution >= 0.6 is 0 Å². The highest BCUT2D eigenvalue weighted by atomic mass is 16.3. The van der Waals surface area contributed by atoms with E-state index in [1.165, 1.54) is 11.1 Å². The lowest BCUT2D eigenvalue weighted by Gasteiger charge is -2.37. The molecule has 1 saturated heterocycles. The van der Waals surface area contributed by atoms with Crippen LogP contribution in [0.1, 0.15) is 49.7 Å². The summed E-state index contributed by atoms with van der Waals surface area (Å²) in [4.78, 5) is 14.7. The van der Waals surface area contributed by atoms with Crippen LogP contribution in [0.5, 0.6) is 0 Å². The van der Waals surface area contributed by atoms with E-state index in [-0.39, 0.29) is 17.9 Å². The first-order valence-corrected chi connectivity index (χ1v) is 8.13. The molecule has 114 valence electrons. The largest absolute Gasteiger partial charge is 0.391 e. The number of amides is 1. The van der Waals surface area contributed by atoms with E-state index in [4.69, 9.17) is 0 Å². The average molecular weight is 287 g/mol. The summed E-state index contributed by atoms with van der Waals surface area (Å²) in [5.74, 6) is 0.773. The number of rotatable bonds is 3. The van der Waals surface area contributed by atoms with Gasteiger partial charge in [0, 0.05) is 12.5 Å². The van der Waals surface area contributed by atoms with E-state index in [0.29, 0.717) is 5.92 Å². The number of piperidine rings is 1. The quantitative estimate of drug-likeness (QED) is 0.928. The summed E-state index contributed by atoms with van der Waals surface area (Å²) in [6, 6.07) is 8.39. The molecule has 1 aromatic rings. The lowest BCUT2D eigenvalue weighted by molar-refractivity contribution is -0.139. The Morgan fingerprint density at radius 2 is 2.10 bits per heavy atom. The molecule has 1 N–H and O–H groups in total. The molecule has 4 unspecified atom stereocenters. The molecule has 21 heavy (non-hydrogen) atoms. The Bertz CT molecular complexity index is 526. The third kappa shape index (κ3) is 2.84. The Hall–Kier alpha value is -1.35. The minimum Gasteiger partial charge on any atom is -0.391 e. The fourth-order valence-electron chi connectivity index (χ4n) is 3.76. The molecule has 0 bridgehead atoms. The van der Waals surface area contributed by atoms with Gasteiger partial charge in [-0.05, 0) is 56.6 Å². The molecule has 2 aliphatic rings. The monoisotopic (exact) mass is 287 g/mol. The molecular weight excluding hydrogens is 262 g/mol. The van der Waals surface area contributed by atoms with Gasteiger partial charge in [0.25, 0.3) is 0 Å². The molecule has 0 aromatic heterocycles. The number of aryl methyl sites for hydroxylation is 1.